The lowest BCUT2D eigenvalue weighted by Gasteiger charge is -2.09. The summed E-state index contributed by atoms with van der Waals surface area (Å²) < 4.78 is 6.11. The molecule has 0 unspecified atom stereocenters. The van der Waals surface area contributed by atoms with Crippen LogP contribution in [0.2, 0.25) is 0 Å². The topological polar surface area (TPSA) is 53.2 Å². The van der Waals surface area contributed by atoms with Crippen LogP contribution in [0.15, 0.2) is 22.7 Å². The molecule has 3 nitrogen and oxygen atoms in total. The van der Waals surface area contributed by atoms with Gasteiger partial charge in [-0.15, -0.1) is 0 Å². The molecule has 0 aromatic heterocycles. The minimum absolute atomic E-state index is 0.186. The number of aliphatic hydroxyl groups excluding tert-OH is 1. The van der Waals surface area contributed by atoms with Crippen LogP contribution < -0.4 is 4.74 Å². The third kappa shape index (κ3) is 3.02. The van der Waals surface area contributed by atoms with Gasteiger partial charge in [0.1, 0.15) is 18.4 Å². The number of halogens is 1. The largest absolute Gasteiger partial charge is 0.489 e. The molecule has 74 valence electrons. The molecule has 0 aliphatic rings. The van der Waals surface area contributed by atoms with E-state index < -0.39 is 6.10 Å². The molecule has 0 saturated heterocycles. The fourth-order valence-corrected chi connectivity index (χ4v) is 1.26. The summed E-state index contributed by atoms with van der Waals surface area (Å²) in [5.41, 5.74) is 0.467. The molecule has 1 aromatic carbocycles. The quantitative estimate of drug-likeness (QED) is 0.900. The standard InChI is InChI=1S/C10H10BrNO2/c1-7(13)6-14-10-4-9(11)3-2-8(10)5-12/h2-4,7,13H,6H2,1H3/t7-/m0/s1. The van der Waals surface area contributed by atoms with Gasteiger partial charge in [0.05, 0.1) is 11.7 Å². The first-order valence-electron chi connectivity index (χ1n) is 4.14. The maximum atomic E-state index is 9.03. The Hall–Kier alpha value is -1.05. The van der Waals surface area contributed by atoms with Crippen LogP contribution >= 0.6 is 15.9 Å². The first-order chi connectivity index (χ1) is 6.63. The summed E-state index contributed by atoms with van der Waals surface area (Å²) in [6.07, 6.45) is -0.541. The van der Waals surface area contributed by atoms with Gasteiger partial charge in [0.15, 0.2) is 0 Å². The summed E-state index contributed by atoms with van der Waals surface area (Å²) in [4.78, 5) is 0. The molecule has 0 amide bonds. The average molecular weight is 256 g/mol. The van der Waals surface area contributed by atoms with E-state index in [4.69, 9.17) is 15.1 Å². The molecule has 1 atom stereocenters. The summed E-state index contributed by atoms with van der Waals surface area (Å²) in [5.74, 6) is 0.489. The number of hydrogen-bond acceptors (Lipinski definition) is 3. The lowest BCUT2D eigenvalue weighted by Crippen LogP contribution is -2.13. The number of rotatable bonds is 3. The van der Waals surface area contributed by atoms with Crippen molar-refractivity contribution in [2.24, 2.45) is 0 Å². The van der Waals surface area contributed by atoms with Crippen LogP contribution in [0.4, 0.5) is 0 Å². The third-order valence-electron chi connectivity index (χ3n) is 1.54. The number of aliphatic hydroxyl groups is 1. The van der Waals surface area contributed by atoms with Crippen LogP contribution in [0, 0.1) is 11.3 Å². The Kier molecular flexibility index (Phi) is 3.93. The van der Waals surface area contributed by atoms with Gasteiger partial charge >= 0.3 is 0 Å². The van der Waals surface area contributed by atoms with Gasteiger partial charge < -0.3 is 9.84 Å². The predicted molar refractivity (Wildman–Crippen MR) is 56.0 cm³/mol. The van der Waals surface area contributed by atoms with E-state index in [0.717, 1.165) is 4.47 Å². The smallest absolute Gasteiger partial charge is 0.138 e. The van der Waals surface area contributed by atoms with Gasteiger partial charge in [-0.3, -0.25) is 0 Å². The monoisotopic (exact) mass is 255 g/mol. The number of nitrogens with zero attached hydrogens (tertiary/aromatic N) is 1. The van der Waals surface area contributed by atoms with Crippen LogP contribution in [0.5, 0.6) is 5.75 Å². The van der Waals surface area contributed by atoms with E-state index in [1.807, 2.05) is 6.07 Å². The van der Waals surface area contributed by atoms with Crippen LogP contribution in [-0.2, 0) is 0 Å². The minimum atomic E-state index is -0.541. The van der Waals surface area contributed by atoms with Gasteiger partial charge in [0, 0.05) is 4.47 Å². The molecule has 0 heterocycles. The molecule has 14 heavy (non-hydrogen) atoms. The second-order valence-electron chi connectivity index (χ2n) is 2.91. The number of nitriles is 1. The summed E-state index contributed by atoms with van der Waals surface area (Å²) >= 11 is 3.28. The van der Waals surface area contributed by atoms with Gasteiger partial charge in [-0.25, -0.2) is 0 Å². The molecule has 0 spiro atoms. The summed E-state index contributed by atoms with van der Waals surface area (Å²) in [6.45, 7) is 1.81. The van der Waals surface area contributed by atoms with Crippen LogP contribution in [-0.4, -0.2) is 17.8 Å². The van der Waals surface area contributed by atoms with Crippen molar-refractivity contribution in [3.63, 3.8) is 0 Å². The predicted octanol–water partition coefficient (Wildman–Crippen LogP) is 2.08. The van der Waals surface area contributed by atoms with Crippen molar-refractivity contribution in [1.29, 1.82) is 5.26 Å². The zero-order chi connectivity index (χ0) is 10.6. The molecule has 0 saturated carbocycles. The van der Waals surface area contributed by atoms with E-state index in [9.17, 15) is 0 Å². The van der Waals surface area contributed by atoms with Crippen molar-refractivity contribution >= 4 is 15.9 Å². The van der Waals surface area contributed by atoms with E-state index in [1.54, 1.807) is 25.1 Å². The Labute approximate surface area is 91.1 Å². The van der Waals surface area contributed by atoms with E-state index in [1.165, 1.54) is 0 Å². The molecular weight excluding hydrogens is 246 g/mol. The molecule has 1 aromatic rings. The number of benzene rings is 1. The second kappa shape index (κ2) is 4.99. The highest BCUT2D eigenvalue weighted by molar-refractivity contribution is 9.10. The van der Waals surface area contributed by atoms with Crippen molar-refractivity contribution in [2.75, 3.05) is 6.61 Å². The Bertz CT molecular complexity index is 358. The van der Waals surface area contributed by atoms with Gasteiger partial charge in [0.2, 0.25) is 0 Å². The summed E-state index contributed by atoms with van der Waals surface area (Å²) in [6, 6.07) is 7.17. The first-order valence-corrected chi connectivity index (χ1v) is 4.93. The van der Waals surface area contributed by atoms with E-state index >= 15 is 0 Å². The lowest BCUT2D eigenvalue weighted by atomic mass is 10.2. The molecule has 0 aliphatic heterocycles. The Morgan fingerprint density at radius 3 is 2.93 bits per heavy atom. The Morgan fingerprint density at radius 2 is 2.36 bits per heavy atom. The van der Waals surface area contributed by atoms with Crippen LogP contribution in [0.25, 0.3) is 0 Å². The molecule has 0 radical (unpaired) electrons. The highest BCUT2D eigenvalue weighted by Gasteiger charge is 2.05. The molecule has 0 fully saturated rings. The molecule has 0 bridgehead atoms. The fourth-order valence-electron chi connectivity index (χ4n) is 0.918. The maximum absolute atomic E-state index is 9.03. The van der Waals surface area contributed by atoms with E-state index in [0.29, 0.717) is 11.3 Å². The van der Waals surface area contributed by atoms with Crippen molar-refractivity contribution in [3.05, 3.63) is 28.2 Å². The van der Waals surface area contributed by atoms with Gasteiger partial charge in [-0.1, -0.05) is 15.9 Å². The van der Waals surface area contributed by atoms with Crippen LogP contribution in [0.1, 0.15) is 12.5 Å². The molecule has 1 N–H and O–H groups in total. The lowest BCUT2D eigenvalue weighted by molar-refractivity contribution is 0.122. The zero-order valence-electron chi connectivity index (χ0n) is 7.70. The minimum Gasteiger partial charge on any atom is -0.489 e. The SMILES string of the molecule is C[C@H](O)COc1cc(Br)ccc1C#N. The fraction of sp³-hybridized carbons (Fsp3) is 0.300. The molecular formula is C10H10BrNO2. The maximum Gasteiger partial charge on any atom is 0.138 e. The zero-order valence-corrected chi connectivity index (χ0v) is 9.28. The van der Waals surface area contributed by atoms with E-state index in [-0.39, 0.29) is 6.61 Å². The molecule has 0 aliphatic carbocycles. The molecule has 4 heteroatoms. The van der Waals surface area contributed by atoms with Gasteiger partial charge in [-0.2, -0.15) is 5.26 Å². The Balaban J connectivity index is 2.84. The molecule has 1 rings (SSSR count). The number of hydrogen-bond donors (Lipinski definition) is 1. The van der Waals surface area contributed by atoms with Gasteiger partial charge in [0.25, 0.3) is 0 Å². The van der Waals surface area contributed by atoms with Crippen molar-refractivity contribution < 1.29 is 9.84 Å². The Morgan fingerprint density at radius 1 is 1.64 bits per heavy atom. The summed E-state index contributed by atoms with van der Waals surface area (Å²) in [7, 11) is 0. The average Bonchev–Trinajstić information content (AvgIpc) is 2.15. The second-order valence-corrected chi connectivity index (χ2v) is 3.83. The van der Waals surface area contributed by atoms with Gasteiger partial charge in [-0.05, 0) is 25.1 Å². The normalized spacial score (nSPS) is 11.9. The highest BCUT2D eigenvalue weighted by Crippen LogP contribution is 2.23. The highest BCUT2D eigenvalue weighted by atomic mass is 79.9. The van der Waals surface area contributed by atoms with Crippen molar-refractivity contribution in [3.8, 4) is 11.8 Å². The van der Waals surface area contributed by atoms with Crippen molar-refractivity contribution in [1.82, 2.24) is 0 Å². The first kappa shape index (κ1) is 11.0. The van der Waals surface area contributed by atoms with Crippen LogP contribution in [0.3, 0.4) is 0 Å². The number of ether oxygens (including phenoxy) is 1. The van der Waals surface area contributed by atoms with E-state index in [2.05, 4.69) is 15.9 Å². The van der Waals surface area contributed by atoms with Crippen molar-refractivity contribution in [2.45, 2.75) is 13.0 Å². The third-order valence-corrected chi connectivity index (χ3v) is 2.04. The summed E-state index contributed by atoms with van der Waals surface area (Å²) in [5, 5.41) is 17.8.